The van der Waals surface area contributed by atoms with Gasteiger partial charge in [0.2, 0.25) is 0 Å². The van der Waals surface area contributed by atoms with Crippen LogP contribution in [0.15, 0.2) is 35.3 Å². The number of carbonyl (C=O) groups is 1. The van der Waals surface area contributed by atoms with Gasteiger partial charge < -0.3 is 19.8 Å². The third-order valence-corrected chi connectivity index (χ3v) is 3.27. The number of amides is 1. The molecular weight excluding hydrogens is 338 g/mol. The predicted octanol–water partition coefficient (Wildman–Crippen LogP) is 2.11. The van der Waals surface area contributed by atoms with Gasteiger partial charge in [0.05, 0.1) is 18.2 Å². The van der Waals surface area contributed by atoms with Crippen molar-refractivity contribution in [2.24, 2.45) is 0 Å². The Morgan fingerprint density at radius 3 is 2.76 bits per heavy atom. The molecule has 0 fully saturated rings. The van der Waals surface area contributed by atoms with Gasteiger partial charge in [-0.25, -0.2) is 9.78 Å². The number of methoxy groups -OCH3 is 1. The number of rotatable bonds is 5. The lowest BCUT2D eigenvalue weighted by molar-refractivity contribution is -0.0512. The molecule has 3 rings (SSSR count). The number of nitrogens with one attached hydrogen (secondary N) is 3. The van der Waals surface area contributed by atoms with Gasteiger partial charge >= 0.3 is 12.3 Å². The van der Waals surface area contributed by atoms with Gasteiger partial charge in [-0.05, 0) is 18.2 Å². The second-order valence-corrected chi connectivity index (χ2v) is 4.90. The minimum absolute atomic E-state index is 0.0432. The highest BCUT2D eigenvalue weighted by Gasteiger charge is 2.13. The summed E-state index contributed by atoms with van der Waals surface area (Å²) in [7, 11) is 1.29. The average molecular weight is 350 g/mol. The lowest BCUT2D eigenvalue weighted by atomic mass is 10.2. The third-order valence-electron chi connectivity index (χ3n) is 3.27. The molecule has 0 bridgehead atoms. The van der Waals surface area contributed by atoms with Gasteiger partial charge in [-0.15, -0.1) is 0 Å². The fourth-order valence-electron chi connectivity index (χ4n) is 2.19. The molecule has 2 heterocycles. The van der Waals surface area contributed by atoms with E-state index in [2.05, 4.69) is 25.0 Å². The van der Waals surface area contributed by atoms with Gasteiger partial charge in [-0.1, -0.05) is 0 Å². The molecule has 3 aromatic rings. The van der Waals surface area contributed by atoms with Crippen molar-refractivity contribution in [3.8, 4) is 11.5 Å². The van der Waals surface area contributed by atoms with Gasteiger partial charge in [0, 0.05) is 18.0 Å². The minimum atomic E-state index is -2.99. The SMILES string of the molecule is COc1cc(NC(=O)c2cnc3[nH]c(=O)[nH]c3c2)ccc1OC(F)F. The van der Waals surface area contributed by atoms with E-state index in [0.29, 0.717) is 16.9 Å². The van der Waals surface area contributed by atoms with Crippen molar-refractivity contribution >= 4 is 22.8 Å². The molecule has 1 amide bonds. The van der Waals surface area contributed by atoms with E-state index >= 15 is 0 Å². The molecule has 10 heteroatoms. The number of carbonyl (C=O) groups excluding carboxylic acids is 1. The summed E-state index contributed by atoms with van der Waals surface area (Å²) in [5.41, 5.74) is 0.799. The highest BCUT2D eigenvalue weighted by Crippen LogP contribution is 2.31. The monoisotopic (exact) mass is 350 g/mol. The van der Waals surface area contributed by atoms with Crippen LogP contribution >= 0.6 is 0 Å². The van der Waals surface area contributed by atoms with Crippen LogP contribution in [0, 0.1) is 0 Å². The Morgan fingerprint density at radius 2 is 2.04 bits per heavy atom. The zero-order valence-electron chi connectivity index (χ0n) is 12.8. The molecule has 0 spiro atoms. The lowest BCUT2D eigenvalue weighted by Gasteiger charge is -2.12. The van der Waals surface area contributed by atoms with Crippen LogP contribution in [-0.4, -0.2) is 34.6 Å². The zero-order chi connectivity index (χ0) is 18.0. The van der Waals surface area contributed by atoms with Crippen molar-refractivity contribution in [3.05, 3.63) is 46.5 Å². The molecule has 0 aliphatic heterocycles. The molecular formula is C15H12F2N4O4. The number of pyridine rings is 1. The smallest absolute Gasteiger partial charge is 0.387 e. The third kappa shape index (κ3) is 3.57. The molecule has 130 valence electrons. The number of anilines is 1. The molecule has 8 nitrogen and oxygen atoms in total. The van der Waals surface area contributed by atoms with E-state index < -0.39 is 18.2 Å². The van der Waals surface area contributed by atoms with E-state index in [1.54, 1.807) is 0 Å². The summed E-state index contributed by atoms with van der Waals surface area (Å²) >= 11 is 0. The number of nitrogens with zero attached hydrogens (tertiary/aromatic N) is 1. The number of halogens is 2. The molecule has 0 radical (unpaired) electrons. The standard InChI is InChI=1S/C15H12F2N4O4/c1-24-11-5-8(2-3-10(11)25-14(16)17)19-13(22)7-4-9-12(18-6-7)21-15(23)20-9/h2-6,14H,1H3,(H,19,22)(H2,18,20,21,23). The van der Waals surface area contributed by atoms with Gasteiger partial charge in [0.25, 0.3) is 5.91 Å². The molecule has 2 aromatic heterocycles. The van der Waals surface area contributed by atoms with Crippen LogP contribution in [0.1, 0.15) is 10.4 Å². The molecule has 3 N–H and O–H groups in total. The van der Waals surface area contributed by atoms with Crippen LogP contribution in [-0.2, 0) is 0 Å². The zero-order valence-corrected chi connectivity index (χ0v) is 12.8. The summed E-state index contributed by atoms with van der Waals surface area (Å²) in [4.78, 5) is 32.4. The van der Waals surface area contributed by atoms with Crippen LogP contribution in [0.3, 0.4) is 0 Å². The van der Waals surface area contributed by atoms with Crippen LogP contribution in [0.5, 0.6) is 11.5 Å². The summed E-state index contributed by atoms with van der Waals surface area (Å²) in [6.07, 6.45) is 1.30. The van der Waals surface area contributed by atoms with Crippen LogP contribution in [0.4, 0.5) is 14.5 Å². The fourth-order valence-corrected chi connectivity index (χ4v) is 2.19. The summed E-state index contributed by atoms with van der Waals surface area (Å²) in [6, 6.07) is 5.45. The number of benzene rings is 1. The normalized spacial score (nSPS) is 10.9. The van der Waals surface area contributed by atoms with Crippen molar-refractivity contribution in [2.75, 3.05) is 12.4 Å². The average Bonchev–Trinajstić information content (AvgIpc) is 2.94. The number of hydrogen-bond donors (Lipinski definition) is 3. The predicted molar refractivity (Wildman–Crippen MR) is 84.3 cm³/mol. The van der Waals surface area contributed by atoms with Crippen molar-refractivity contribution in [1.29, 1.82) is 0 Å². The van der Waals surface area contributed by atoms with Crippen molar-refractivity contribution in [2.45, 2.75) is 6.61 Å². The van der Waals surface area contributed by atoms with Crippen molar-refractivity contribution in [1.82, 2.24) is 15.0 Å². The van der Waals surface area contributed by atoms with E-state index in [1.165, 1.54) is 37.6 Å². The molecule has 0 saturated heterocycles. The number of fused-ring (bicyclic) bond motifs is 1. The molecule has 0 aliphatic carbocycles. The summed E-state index contributed by atoms with van der Waals surface area (Å²) in [5, 5.41) is 2.58. The maximum absolute atomic E-state index is 12.3. The maximum Gasteiger partial charge on any atom is 0.387 e. The first-order chi connectivity index (χ1) is 12.0. The summed E-state index contributed by atoms with van der Waals surface area (Å²) in [5.74, 6) is -0.605. The van der Waals surface area contributed by atoms with Gasteiger partial charge in [-0.2, -0.15) is 8.78 Å². The van der Waals surface area contributed by atoms with E-state index in [9.17, 15) is 18.4 Å². The number of imidazole rings is 1. The highest BCUT2D eigenvalue weighted by molar-refractivity contribution is 6.05. The molecule has 0 saturated carbocycles. The number of H-pyrrole nitrogens is 2. The van der Waals surface area contributed by atoms with E-state index in [0.717, 1.165) is 0 Å². The number of aromatic nitrogens is 3. The maximum atomic E-state index is 12.3. The Morgan fingerprint density at radius 1 is 1.24 bits per heavy atom. The minimum Gasteiger partial charge on any atom is -0.493 e. The molecule has 0 unspecified atom stereocenters. The van der Waals surface area contributed by atoms with Gasteiger partial charge in [0.15, 0.2) is 17.1 Å². The Bertz CT molecular complexity index is 983. The van der Waals surface area contributed by atoms with Gasteiger partial charge in [-0.3, -0.25) is 9.78 Å². The van der Waals surface area contributed by atoms with Crippen LogP contribution in [0.2, 0.25) is 0 Å². The fraction of sp³-hybridized carbons (Fsp3) is 0.133. The van der Waals surface area contributed by atoms with Crippen LogP contribution < -0.4 is 20.5 Å². The Kier molecular flexibility index (Phi) is 4.33. The Labute approximate surface area is 138 Å². The van der Waals surface area contributed by atoms with Crippen molar-refractivity contribution in [3.63, 3.8) is 0 Å². The Balaban J connectivity index is 1.82. The summed E-state index contributed by atoms with van der Waals surface area (Å²) < 4.78 is 33.9. The number of hydrogen-bond acceptors (Lipinski definition) is 5. The first kappa shape index (κ1) is 16.4. The summed E-state index contributed by atoms with van der Waals surface area (Å²) in [6.45, 7) is -2.99. The van der Waals surface area contributed by atoms with E-state index in [-0.39, 0.29) is 17.1 Å². The molecule has 25 heavy (non-hydrogen) atoms. The Hall–Kier alpha value is -3.43. The second kappa shape index (κ2) is 6.59. The van der Waals surface area contributed by atoms with Crippen LogP contribution in [0.25, 0.3) is 11.2 Å². The lowest BCUT2D eigenvalue weighted by Crippen LogP contribution is -2.12. The van der Waals surface area contributed by atoms with Gasteiger partial charge in [0.1, 0.15) is 0 Å². The molecule has 0 aliphatic rings. The number of ether oxygens (including phenoxy) is 2. The molecule has 0 atom stereocenters. The van der Waals surface area contributed by atoms with E-state index in [1.807, 2.05) is 0 Å². The first-order valence-corrected chi connectivity index (χ1v) is 6.98. The van der Waals surface area contributed by atoms with Crippen molar-refractivity contribution < 1.29 is 23.0 Å². The first-order valence-electron chi connectivity index (χ1n) is 6.98. The molecule has 1 aromatic carbocycles. The quantitative estimate of drug-likeness (QED) is 0.653. The topological polar surface area (TPSA) is 109 Å². The largest absolute Gasteiger partial charge is 0.493 e. The highest BCUT2D eigenvalue weighted by atomic mass is 19.3. The van der Waals surface area contributed by atoms with E-state index in [4.69, 9.17) is 4.74 Å². The number of aromatic amines is 2. The number of alkyl halides is 2. The second-order valence-electron chi connectivity index (χ2n) is 4.90.